The lowest BCUT2D eigenvalue weighted by atomic mass is 9.87. The lowest BCUT2D eigenvalue weighted by molar-refractivity contribution is 0.499. The van der Waals surface area contributed by atoms with Gasteiger partial charge in [-0.2, -0.15) is 0 Å². The highest BCUT2D eigenvalue weighted by Gasteiger charge is 2.39. The van der Waals surface area contributed by atoms with Gasteiger partial charge in [0.2, 0.25) is 0 Å². The molecule has 0 saturated carbocycles. The SMILES string of the molecule is c1c[nH]c(C2CC3CCC2N3)c1. The normalized spacial score (nSPS) is 39.2. The van der Waals surface area contributed by atoms with Gasteiger partial charge in [-0.25, -0.2) is 0 Å². The van der Waals surface area contributed by atoms with E-state index in [2.05, 4.69) is 22.4 Å². The van der Waals surface area contributed by atoms with Gasteiger partial charge in [-0.15, -0.1) is 0 Å². The van der Waals surface area contributed by atoms with Crippen LogP contribution in [0.5, 0.6) is 0 Å². The molecule has 2 aliphatic heterocycles. The molecule has 0 aromatic carbocycles. The molecule has 1 aromatic heterocycles. The van der Waals surface area contributed by atoms with E-state index in [4.69, 9.17) is 0 Å². The predicted molar refractivity (Wildman–Crippen MR) is 48.1 cm³/mol. The Morgan fingerprint density at radius 1 is 1.33 bits per heavy atom. The number of aromatic nitrogens is 1. The molecule has 3 unspecified atom stereocenters. The maximum atomic E-state index is 3.65. The minimum atomic E-state index is 0.758. The molecule has 3 rings (SSSR count). The van der Waals surface area contributed by atoms with E-state index in [-0.39, 0.29) is 0 Å². The van der Waals surface area contributed by atoms with Crippen molar-refractivity contribution in [2.45, 2.75) is 37.3 Å². The average Bonchev–Trinajstić information content (AvgIpc) is 2.81. The average molecular weight is 162 g/mol. The van der Waals surface area contributed by atoms with E-state index in [1.54, 1.807) is 0 Å². The number of fused-ring (bicyclic) bond motifs is 2. The van der Waals surface area contributed by atoms with Gasteiger partial charge in [-0.1, -0.05) is 0 Å². The Hall–Kier alpha value is -0.760. The highest BCUT2D eigenvalue weighted by molar-refractivity contribution is 5.18. The van der Waals surface area contributed by atoms with Crippen molar-refractivity contribution in [1.29, 1.82) is 0 Å². The highest BCUT2D eigenvalue weighted by Crippen LogP contribution is 2.38. The van der Waals surface area contributed by atoms with Gasteiger partial charge in [0.05, 0.1) is 0 Å². The smallest absolute Gasteiger partial charge is 0.0194 e. The molecule has 64 valence electrons. The monoisotopic (exact) mass is 162 g/mol. The second-order valence-electron chi connectivity index (χ2n) is 4.02. The molecule has 1 aromatic rings. The fourth-order valence-electron chi connectivity index (χ4n) is 2.74. The van der Waals surface area contributed by atoms with E-state index in [0.29, 0.717) is 0 Å². The molecule has 2 heteroatoms. The van der Waals surface area contributed by atoms with Crippen LogP contribution < -0.4 is 5.32 Å². The molecular weight excluding hydrogens is 148 g/mol. The summed E-state index contributed by atoms with van der Waals surface area (Å²) in [6, 6.07) is 5.88. The zero-order chi connectivity index (χ0) is 7.97. The summed E-state index contributed by atoms with van der Waals surface area (Å²) >= 11 is 0. The maximum Gasteiger partial charge on any atom is 0.0194 e. The van der Waals surface area contributed by atoms with Crippen LogP contribution in [0.15, 0.2) is 18.3 Å². The summed E-state index contributed by atoms with van der Waals surface area (Å²) in [5, 5.41) is 3.65. The quantitative estimate of drug-likeness (QED) is 0.645. The van der Waals surface area contributed by atoms with E-state index in [9.17, 15) is 0 Å². The first-order valence-electron chi connectivity index (χ1n) is 4.83. The molecule has 2 nitrogen and oxygen atoms in total. The van der Waals surface area contributed by atoms with Crippen LogP contribution in [-0.4, -0.2) is 17.1 Å². The molecular formula is C10H14N2. The van der Waals surface area contributed by atoms with Gasteiger partial charge in [0.15, 0.2) is 0 Å². The molecule has 3 heterocycles. The largest absolute Gasteiger partial charge is 0.365 e. The molecule has 2 saturated heterocycles. The maximum absolute atomic E-state index is 3.65. The molecule has 2 fully saturated rings. The predicted octanol–water partition coefficient (Wildman–Crippen LogP) is 1.62. The summed E-state index contributed by atoms with van der Waals surface area (Å²) in [6.07, 6.45) is 6.13. The van der Waals surface area contributed by atoms with Gasteiger partial charge < -0.3 is 10.3 Å². The zero-order valence-corrected chi connectivity index (χ0v) is 7.09. The summed E-state index contributed by atoms with van der Waals surface area (Å²) < 4.78 is 0. The van der Waals surface area contributed by atoms with Gasteiger partial charge >= 0.3 is 0 Å². The Bertz CT molecular complexity index is 265. The van der Waals surface area contributed by atoms with Crippen molar-refractivity contribution in [3.63, 3.8) is 0 Å². The zero-order valence-electron chi connectivity index (χ0n) is 7.09. The minimum absolute atomic E-state index is 0.758. The number of hydrogen-bond acceptors (Lipinski definition) is 1. The van der Waals surface area contributed by atoms with Gasteiger partial charge in [-0.3, -0.25) is 0 Å². The number of hydrogen-bond donors (Lipinski definition) is 2. The van der Waals surface area contributed by atoms with Gasteiger partial charge in [0.1, 0.15) is 0 Å². The Kier molecular flexibility index (Phi) is 1.32. The third-order valence-corrected chi connectivity index (χ3v) is 3.32. The fraction of sp³-hybridized carbons (Fsp3) is 0.600. The van der Waals surface area contributed by atoms with Crippen LogP contribution in [0.1, 0.15) is 30.9 Å². The molecule has 0 amide bonds. The van der Waals surface area contributed by atoms with E-state index >= 15 is 0 Å². The third kappa shape index (κ3) is 0.845. The van der Waals surface area contributed by atoms with Crippen molar-refractivity contribution in [1.82, 2.24) is 10.3 Å². The Labute approximate surface area is 72.4 Å². The number of H-pyrrole nitrogens is 1. The third-order valence-electron chi connectivity index (χ3n) is 3.32. The molecule has 0 aliphatic carbocycles. The summed E-state index contributed by atoms with van der Waals surface area (Å²) in [5.41, 5.74) is 1.43. The van der Waals surface area contributed by atoms with Gasteiger partial charge in [-0.05, 0) is 31.4 Å². The summed E-state index contributed by atoms with van der Waals surface area (Å²) in [7, 11) is 0. The van der Waals surface area contributed by atoms with E-state index in [1.165, 1.54) is 25.0 Å². The van der Waals surface area contributed by atoms with Crippen molar-refractivity contribution in [3.05, 3.63) is 24.0 Å². The number of rotatable bonds is 1. The van der Waals surface area contributed by atoms with Gasteiger partial charge in [0.25, 0.3) is 0 Å². The molecule has 2 aliphatic rings. The standard InChI is InChI=1S/C10H14N2/c1-2-9(11-5-1)8-6-7-3-4-10(8)12-7/h1-2,5,7-8,10-12H,3-4,6H2. The summed E-state index contributed by atoms with van der Waals surface area (Å²) in [5.74, 6) is 0.763. The van der Waals surface area contributed by atoms with Crippen LogP contribution in [0.3, 0.4) is 0 Å². The van der Waals surface area contributed by atoms with Crippen molar-refractivity contribution >= 4 is 0 Å². The Morgan fingerprint density at radius 2 is 2.33 bits per heavy atom. The molecule has 0 radical (unpaired) electrons. The van der Waals surface area contributed by atoms with Crippen LogP contribution in [-0.2, 0) is 0 Å². The van der Waals surface area contributed by atoms with Gasteiger partial charge in [0, 0.05) is 29.9 Å². The van der Waals surface area contributed by atoms with Crippen LogP contribution in [0.25, 0.3) is 0 Å². The van der Waals surface area contributed by atoms with Crippen molar-refractivity contribution in [3.8, 4) is 0 Å². The lowest BCUT2D eigenvalue weighted by Gasteiger charge is -2.18. The first kappa shape index (κ1) is 6.72. The first-order chi connectivity index (χ1) is 5.93. The molecule has 12 heavy (non-hydrogen) atoms. The second-order valence-corrected chi connectivity index (χ2v) is 4.02. The first-order valence-corrected chi connectivity index (χ1v) is 4.83. The van der Waals surface area contributed by atoms with E-state index < -0.39 is 0 Å². The molecule has 2 N–H and O–H groups in total. The fourth-order valence-corrected chi connectivity index (χ4v) is 2.74. The van der Waals surface area contributed by atoms with Crippen molar-refractivity contribution < 1.29 is 0 Å². The van der Waals surface area contributed by atoms with Crippen LogP contribution in [0.4, 0.5) is 0 Å². The molecule has 3 atom stereocenters. The Balaban J connectivity index is 1.87. The summed E-state index contributed by atoms with van der Waals surface area (Å²) in [6.45, 7) is 0. The van der Waals surface area contributed by atoms with Crippen LogP contribution >= 0.6 is 0 Å². The molecule has 0 spiro atoms. The van der Waals surface area contributed by atoms with Crippen molar-refractivity contribution in [2.24, 2.45) is 0 Å². The topological polar surface area (TPSA) is 27.8 Å². The van der Waals surface area contributed by atoms with Crippen molar-refractivity contribution in [2.75, 3.05) is 0 Å². The number of nitrogens with one attached hydrogen (secondary N) is 2. The van der Waals surface area contributed by atoms with Crippen LogP contribution in [0.2, 0.25) is 0 Å². The van der Waals surface area contributed by atoms with E-state index in [0.717, 1.165) is 18.0 Å². The lowest BCUT2D eigenvalue weighted by Crippen LogP contribution is -2.21. The van der Waals surface area contributed by atoms with E-state index in [1.807, 2.05) is 6.20 Å². The summed E-state index contributed by atoms with van der Waals surface area (Å²) in [4.78, 5) is 3.32. The second kappa shape index (κ2) is 2.36. The Morgan fingerprint density at radius 3 is 2.92 bits per heavy atom. The molecule has 2 bridgehead atoms. The number of aromatic amines is 1. The minimum Gasteiger partial charge on any atom is -0.365 e. The van der Waals surface area contributed by atoms with Crippen LogP contribution in [0, 0.1) is 0 Å². The highest BCUT2D eigenvalue weighted by atomic mass is 15.0.